The number of hydrogen-bond acceptors (Lipinski definition) is 3. The zero-order valence-corrected chi connectivity index (χ0v) is 11.6. The van der Waals surface area contributed by atoms with Crippen molar-refractivity contribution in [3.05, 3.63) is 0 Å². The lowest BCUT2D eigenvalue weighted by Gasteiger charge is -2.42. The molecule has 0 aliphatic heterocycles. The van der Waals surface area contributed by atoms with Crippen LogP contribution in [-0.4, -0.2) is 22.7 Å². The van der Waals surface area contributed by atoms with Gasteiger partial charge in [-0.1, -0.05) is 27.7 Å². The first-order valence-corrected chi connectivity index (χ1v) is 6.58. The fourth-order valence-electron chi connectivity index (χ4n) is 2.51. The smallest absolute Gasteiger partial charge is 0.321 e. The fourth-order valence-corrected chi connectivity index (χ4v) is 2.51. The molecule has 0 radical (unpaired) electrons. The van der Waals surface area contributed by atoms with E-state index < -0.39 is 17.4 Å². The second kappa shape index (κ2) is 6.36. The van der Waals surface area contributed by atoms with Gasteiger partial charge in [-0.05, 0) is 37.5 Å². The van der Waals surface area contributed by atoms with E-state index in [4.69, 9.17) is 16.6 Å². The zero-order valence-electron chi connectivity index (χ0n) is 11.6. The summed E-state index contributed by atoms with van der Waals surface area (Å²) in [6, 6.07) is -0.835. The van der Waals surface area contributed by atoms with Crippen LogP contribution in [0.2, 0.25) is 0 Å². The Morgan fingerprint density at radius 3 is 1.76 bits per heavy atom. The van der Waals surface area contributed by atoms with Gasteiger partial charge in [0.25, 0.3) is 0 Å². The molecule has 102 valence electrons. The number of hydrogen-bond donors (Lipinski definition) is 3. The molecule has 0 fully saturated rings. The molecule has 0 saturated carbocycles. The second-order valence-corrected chi connectivity index (χ2v) is 5.13. The lowest BCUT2D eigenvalue weighted by Crippen LogP contribution is -2.53. The van der Waals surface area contributed by atoms with Crippen LogP contribution in [-0.2, 0) is 4.79 Å². The Hall–Kier alpha value is -0.610. The van der Waals surface area contributed by atoms with Crippen molar-refractivity contribution in [1.82, 2.24) is 0 Å². The summed E-state index contributed by atoms with van der Waals surface area (Å²) < 4.78 is 0. The van der Waals surface area contributed by atoms with Gasteiger partial charge in [0.15, 0.2) is 0 Å². The molecule has 0 spiro atoms. The Morgan fingerprint density at radius 2 is 1.53 bits per heavy atom. The first-order valence-electron chi connectivity index (χ1n) is 6.58. The zero-order chi connectivity index (χ0) is 13.7. The Morgan fingerprint density at radius 1 is 1.12 bits per heavy atom. The maximum atomic E-state index is 11.2. The van der Waals surface area contributed by atoms with E-state index in [9.17, 15) is 4.79 Å². The molecule has 0 aliphatic carbocycles. The summed E-state index contributed by atoms with van der Waals surface area (Å²) in [6.45, 7) is 8.09. The molecule has 0 aromatic rings. The van der Waals surface area contributed by atoms with Crippen LogP contribution in [0.5, 0.6) is 0 Å². The van der Waals surface area contributed by atoms with Gasteiger partial charge in [-0.15, -0.1) is 0 Å². The van der Waals surface area contributed by atoms with Crippen molar-refractivity contribution in [2.75, 3.05) is 0 Å². The molecule has 5 N–H and O–H groups in total. The molecule has 0 bridgehead atoms. The summed E-state index contributed by atoms with van der Waals surface area (Å²) in [6.07, 6.45) is 3.86. The highest BCUT2D eigenvalue weighted by molar-refractivity contribution is 5.74. The van der Waals surface area contributed by atoms with E-state index in [2.05, 4.69) is 0 Å². The third-order valence-electron chi connectivity index (χ3n) is 4.45. The second-order valence-electron chi connectivity index (χ2n) is 5.13. The molecule has 4 nitrogen and oxygen atoms in total. The van der Waals surface area contributed by atoms with E-state index in [-0.39, 0.29) is 5.54 Å². The van der Waals surface area contributed by atoms with Gasteiger partial charge in [0, 0.05) is 5.54 Å². The van der Waals surface area contributed by atoms with Crippen LogP contribution < -0.4 is 11.5 Å². The molecule has 0 heterocycles. The van der Waals surface area contributed by atoms with Gasteiger partial charge >= 0.3 is 5.97 Å². The summed E-state index contributed by atoms with van der Waals surface area (Å²) in [5, 5.41) is 9.16. The first kappa shape index (κ1) is 16.4. The summed E-state index contributed by atoms with van der Waals surface area (Å²) in [7, 11) is 0. The molecule has 0 aromatic carbocycles. The number of carbonyl (C=O) groups is 1. The standard InChI is InChI=1S/C13H28N2O2/c1-5-12(6-2,10(14)11(16)17)9-13(15,7-3)8-4/h10H,5-9,14-15H2,1-4H3,(H,16,17). The summed E-state index contributed by atoms with van der Waals surface area (Å²) in [4.78, 5) is 11.2. The van der Waals surface area contributed by atoms with Crippen molar-refractivity contribution in [3.8, 4) is 0 Å². The van der Waals surface area contributed by atoms with Crippen molar-refractivity contribution in [3.63, 3.8) is 0 Å². The first-order chi connectivity index (χ1) is 7.80. The Bertz CT molecular complexity index is 246. The number of nitrogens with two attached hydrogens (primary N) is 2. The molecule has 0 rings (SSSR count). The van der Waals surface area contributed by atoms with Gasteiger partial charge in [0.1, 0.15) is 6.04 Å². The molecule has 0 saturated heterocycles. The van der Waals surface area contributed by atoms with Gasteiger partial charge in [0.2, 0.25) is 0 Å². The molecular weight excluding hydrogens is 216 g/mol. The van der Waals surface area contributed by atoms with Crippen molar-refractivity contribution < 1.29 is 9.90 Å². The highest BCUT2D eigenvalue weighted by Gasteiger charge is 2.42. The summed E-state index contributed by atoms with van der Waals surface area (Å²) in [5.74, 6) is -0.928. The normalized spacial score (nSPS) is 14.7. The van der Waals surface area contributed by atoms with Crippen LogP contribution in [0, 0.1) is 5.41 Å². The Kier molecular flexibility index (Phi) is 6.13. The van der Waals surface area contributed by atoms with E-state index in [1.165, 1.54) is 0 Å². The number of carboxylic acids is 1. The molecule has 0 amide bonds. The third kappa shape index (κ3) is 3.68. The molecule has 1 unspecified atom stereocenters. The van der Waals surface area contributed by atoms with Crippen LogP contribution in [0.4, 0.5) is 0 Å². The van der Waals surface area contributed by atoms with Crippen molar-refractivity contribution in [2.45, 2.75) is 71.4 Å². The van der Waals surface area contributed by atoms with Gasteiger partial charge in [-0.3, -0.25) is 4.79 Å². The molecule has 1 atom stereocenters. The van der Waals surface area contributed by atoms with E-state index >= 15 is 0 Å². The molecule has 0 aliphatic rings. The summed E-state index contributed by atoms with van der Waals surface area (Å²) >= 11 is 0. The van der Waals surface area contributed by atoms with Crippen LogP contribution in [0.25, 0.3) is 0 Å². The number of rotatable bonds is 8. The Balaban J connectivity index is 5.14. The van der Waals surface area contributed by atoms with Gasteiger partial charge in [-0.25, -0.2) is 0 Å². The van der Waals surface area contributed by atoms with Crippen LogP contribution in [0.15, 0.2) is 0 Å². The average molecular weight is 244 g/mol. The SMILES string of the molecule is CCC(N)(CC)CC(CC)(CC)C(N)C(=O)O. The highest BCUT2D eigenvalue weighted by Crippen LogP contribution is 2.39. The van der Waals surface area contributed by atoms with Crippen LogP contribution >= 0.6 is 0 Å². The van der Waals surface area contributed by atoms with Gasteiger partial charge < -0.3 is 16.6 Å². The minimum Gasteiger partial charge on any atom is -0.480 e. The Labute approximate surface area is 105 Å². The minimum absolute atomic E-state index is 0.306. The summed E-state index contributed by atoms with van der Waals surface area (Å²) in [5.41, 5.74) is 11.5. The monoisotopic (exact) mass is 244 g/mol. The largest absolute Gasteiger partial charge is 0.480 e. The maximum Gasteiger partial charge on any atom is 0.321 e. The molecule has 0 aromatic heterocycles. The predicted octanol–water partition coefficient (Wildman–Crippen LogP) is 2.11. The van der Waals surface area contributed by atoms with Crippen molar-refractivity contribution in [2.24, 2.45) is 16.9 Å². The van der Waals surface area contributed by atoms with E-state index in [1.54, 1.807) is 0 Å². The highest BCUT2D eigenvalue weighted by atomic mass is 16.4. The number of carboxylic acid groups (broad SMARTS) is 1. The minimum atomic E-state index is -0.928. The molecule has 17 heavy (non-hydrogen) atoms. The molecular formula is C13H28N2O2. The van der Waals surface area contributed by atoms with Crippen molar-refractivity contribution >= 4 is 5.97 Å². The van der Waals surface area contributed by atoms with Crippen LogP contribution in [0.1, 0.15) is 59.8 Å². The third-order valence-corrected chi connectivity index (χ3v) is 4.45. The molecule has 4 heteroatoms. The van der Waals surface area contributed by atoms with E-state index in [0.717, 1.165) is 25.7 Å². The average Bonchev–Trinajstić information content (AvgIpc) is 2.35. The predicted molar refractivity (Wildman–Crippen MR) is 70.7 cm³/mol. The van der Waals surface area contributed by atoms with E-state index in [1.807, 2.05) is 27.7 Å². The topological polar surface area (TPSA) is 89.3 Å². The quantitative estimate of drug-likeness (QED) is 0.610. The lowest BCUT2D eigenvalue weighted by atomic mass is 9.66. The van der Waals surface area contributed by atoms with Crippen molar-refractivity contribution in [1.29, 1.82) is 0 Å². The van der Waals surface area contributed by atoms with Crippen LogP contribution in [0.3, 0.4) is 0 Å². The van der Waals surface area contributed by atoms with Gasteiger partial charge in [0.05, 0.1) is 0 Å². The lowest BCUT2D eigenvalue weighted by molar-refractivity contribution is -0.142. The van der Waals surface area contributed by atoms with Gasteiger partial charge in [-0.2, -0.15) is 0 Å². The fraction of sp³-hybridized carbons (Fsp3) is 0.923. The maximum absolute atomic E-state index is 11.2. The van der Waals surface area contributed by atoms with E-state index in [0.29, 0.717) is 6.42 Å². The number of aliphatic carboxylic acids is 1.